The molecule has 0 saturated carbocycles. The number of hydrogen-bond acceptors (Lipinski definition) is 2. The van der Waals surface area contributed by atoms with E-state index in [2.05, 4.69) is 152 Å². The minimum absolute atomic E-state index is 1.16. The summed E-state index contributed by atoms with van der Waals surface area (Å²) in [6.07, 6.45) is 4.49. The standard InChI is InChI=1S/C30H41N3Si3/c1-7-35(8-2,9-3)33(30-25-32(26-31-30)34(4,5)6)36(27-19-13-10-14-20-27,28-21-15-11-16-22-28)29-23-17-12-18-24-29/h10-26H,7-9H2,1-6H3. The molecule has 0 saturated heterocycles. The van der Waals surface area contributed by atoms with Crippen LogP contribution in [0.25, 0.3) is 0 Å². The van der Waals surface area contributed by atoms with Crippen molar-refractivity contribution in [1.82, 2.24) is 9.22 Å². The molecule has 36 heavy (non-hydrogen) atoms. The molecule has 0 bridgehead atoms. The molecule has 3 nitrogen and oxygen atoms in total. The van der Waals surface area contributed by atoms with Crippen molar-refractivity contribution >= 4 is 46.1 Å². The van der Waals surface area contributed by atoms with Gasteiger partial charge in [0.2, 0.25) is 8.24 Å². The van der Waals surface area contributed by atoms with Crippen molar-refractivity contribution in [3.05, 3.63) is 104 Å². The van der Waals surface area contributed by atoms with E-state index in [1.807, 2.05) is 0 Å². The van der Waals surface area contributed by atoms with Crippen LogP contribution in [0.5, 0.6) is 0 Å². The monoisotopic (exact) mass is 527 g/mol. The molecule has 0 unspecified atom stereocenters. The molecule has 6 heteroatoms. The second-order valence-electron chi connectivity index (χ2n) is 10.7. The average Bonchev–Trinajstić information content (AvgIpc) is 3.41. The van der Waals surface area contributed by atoms with E-state index < -0.39 is 24.7 Å². The Balaban J connectivity index is 2.19. The van der Waals surface area contributed by atoms with Crippen molar-refractivity contribution in [3.8, 4) is 0 Å². The molecule has 0 radical (unpaired) electrons. The van der Waals surface area contributed by atoms with Gasteiger partial charge in [0.25, 0.3) is 0 Å². The molecule has 0 spiro atoms. The second kappa shape index (κ2) is 10.7. The Morgan fingerprint density at radius 3 is 1.33 bits per heavy atom. The van der Waals surface area contributed by atoms with E-state index in [4.69, 9.17) is 4.98 Å². The van der Waals surface area contributed by atoms with Crippen molar-refractivity contribution in [3.63, 3.8) is 0 Å². The second-order valence-corrected chi connectivity index (χ2v) is 24.7. The summed E-state index contributed by atoms with van der Waals surface area (Å²) in [7, 11) is -6.27. The molecule has 4 aromatic rings. The third-order valence-electron chi connectivity index (χ3n) is 7.93. The molecule has 0 aliphatic heterocycles. The van der Waals surface area contributed by atoms with E-state index in [1.165, 1.54) is 33.7 Å². The van der Waals surface area contributed by atoms with E-state index in [0.717, 1.165) is 5.82 Å². The lowest BCUT2D eigenvalue weighted by Crippen LogP contribution is -2.83. The number of benzene rings is 3. The van der Waals surface area contributed by atoms with Crippen LogP contribution in [0.2, 0.25) is 37.8 Å². The Bertz CT molecular complexity index is 1130. The number of imidazole rings is 1. The van der Waals surface area contributed by atoms with Gasteiger partial charge in [0.05, 0.1) is 6.33 Å². The van der Waals surface area contributed by atoms with E-state index in [-0.39, 0.29) is 0 Å². The fourth-order valence-electron chi connectivity index (χ4n) is 5.72. The highest BCUT2D eigenvalue weighted by molar-refractivity contribution is 7.21. The zero-order chi connectivity index (χ0) is 25.8. The molecule has 1 aromatic heterocycles. The highest BCUT2D eigenvalue weighted by Gasteiger charge is 2.54. The first-order chi connectivity index (χ1) is 17.3. The lowest BCUT2D eigenvalue weighted by Gasteiger charge is -2.53. The minimum atomic E-state index is -2.70. The number of nitrogens with zero attached hydrogens (tertiary/aromatic N) is 3. The highest BCUT2D eigenvalue weighted by Crippen LogP contribution is 2.35. The molecule has 0 amide bonds. The van der Waals surface area contributed by atoms with Gasteiger partial charge in [0.15, 0.2) is 8.24 Å². The first-order valence-electron chi connectivity index (χ1n) is 13.3. The van der Waals surface area contributed by atoms with Crippen LogP contribution in [-0.4, -0.2) is 33.9 Å². The van der Waals surface area contributed by atoms with Crippen LogP contribution in [0.4, 0.5) is 5.82 Å². The molecule has 1 heterocycles. The lowest BCUT2D eigenvalue weighted by molar-refractivity contribution is 1.11. The van der Waals surface area contributed by atoms with Gasteiger partial charge in [-0.2, -0.15) is 0 Å². The largest absolute Gasteiger partial charge is 0.397 e. The number of hydrogen-bond donors (Lipinski definition) is 0. The molecule has 3 aromatic carbocycles. The topological polar surface area (TPSA) is 21.1 Å². The molecule has 0 atom stereocenters. The maximum atomic E-state index is 5.23. The number of anilines is 1. The lowest BCUT2D eigenvalue weighted by atomic mass is 10.3. The van der Waals surface area contributed by atoms with Crippen LogP contribution in [0.3, 0.4) is 0 Å². The third kappa shape index (κ3) is 4.58. The minimum Gasteiger partial charge on any atom is -0.397 e. The Hall–Kier alpha value is -2.68. The van der Waals surface area contributed by atoms with Gasteiger partial charge < -0.3 is 8.46 Å². The van der Waals surface area contributed by atoms with Crippen LogP contribution in [-0.2, 0) is 0 Å². The van der Waals surface area contributed by atoms with Gasteiger partial charge in [-0.3, -0.25) is 0 Å². The molecular weight excluding hydrogens is 487 g/mol. The van der Waals surface area contributed by atoms with E-state index in [1.54, 1.807) is 0 Å². The molecular formula is C30H41N3Si3. The zero-order valence-electron chi connectivity index (χ0n) is 22.8. The summed E-state index contributed by atoms with van der Waals surface area (Å²) in [4.78, 5) is 5.23. The van der Waals surface area contributed by atoms with Gasteiger partial charge >= 0.3 is 0 Å². The molecule has 188 valence electrons. The fourth-order valence-corrected chi connectivity index (χ4v) is 19.4. The van der Waals surface area contributed by atoms with Gasteiger partial charge in [-0.15, -0.1) is 0 Å². The Morgan fingerprint density at radius 1 is 0.639 bits per heavy atom. The summed E-state index contributed by atoms with van der Waals surface area (Å²) in [6.45, 7) is 14.4. The molecule has 0 N–H and O–H groups in total. The van der Waals surface area contributed by atoms with Crippen molar-refractivity contribution in [2.45, 2.75) is 58.5 Å². The van der Waals surface area contributed by atoms with Crippen LogP contribution in [0.15, 0.2) is 104 Å². The summed E-state index contributed by atoms with van der Waals surface area (Å²) in [6, 6.07) is 37.5. The summed E-state index contributed by atoms with van der Waals surface area (Å²) in [5, 5.41) is 4.28. The van der Waals surface area contributed by atoms with Crippen molar-refractivity contribution in [2.75, 3.05) is 4.23 Å². The summed E-state index contributed by atoms with van der Waals surface area (Å²) >= 11 is 0. The van der Waals surface area contributed by atoms with Crippen LogP contribution >= 0.6 is 0 Å². The smallest absolute Gasteiger partial charge is 0.246 e. The van der Waals surface area contributed by atoms with Crippen LogP contribution < -0.4 is 19.8 Å². The molecule has 0 fully saturated rings. The van der Waals surface area contributed by atoms with Gasteiger partial charge in [-0.05, 0) is 33.7 Å². The fraction of sp³-hybridized carbons (Fsp3) is 0.300. The van der Waals surface area contributed by atoms with Crippen molar-refractivity contribution in [2.24, 2.45) is 0 Å². The van der Waals surface area contributed by atoms with E-state index in [9.17, 15) is 0 Å². The summed E-state index contributed by atoms with van der Waals surface area (Å²) < 4.78 is 5.38. The zero-order valence-corrected chi connectivity index (χ0v) is 25.8. The van der Waals surface area contributed by atoms with E-state index in [0.29, 0.717) is 0 Å². The first kappa shape index (κ1) is 26.4. The number of rotatable bonds is 10. The Kier molecular flexibility index (Phi) is 7.88. The summed E-state index contributed by atoms with van der Waals surface area (Å²) in [5.41, 5.74) is 0. The number of aromatic nitrogens is 2. The van der Waals surface area contributed by atoms with Crippen LogP contribution in [0.1, 0.15) is 20.8 Å². The van der Waals surface area contributed by atoms with Crippen molar-refractivity contribution in [1.29, 1.82) is 0 Å². The Morgan fingerprint density at radius 2 is 1.03 bits per heavy atom. The summed E-state index contributed by atoms with van der Waals surface area (Å²) in [5.74, 6) is 1.16. The maximum absolute atomic E-state index is 5.23. The van der Waals surface area contributed by atoms with Gasteiger partial charge in [0, 0.05) is 6.20 Å². The third-order valence-corrected chi connectivity index (χ3v) is 21.7. The van der Waals surface area contributed by atoms with Crippen LogP contribution in [0, 0.1) is 0 Å². The average molecular weight is 528 g/mol. The van der Waals surface area contributed by atoms with Crippen molar-refractivity contribution < 1.29 is 0 Å². The first-order valence-corrected chi connectivity index (χ1v) is 21.3. The predicted molar refractivity (Wildman–Crippen MR) is 165 cm³/mol. The van der Waals surface area contributed by atoms with Gasteiger partial charge in [-0.1, -0.05) is 131 Å². The maximum Gasteiger partial charge on any atom is 0.246 e. The van der Waals surface area contributed by atoms with Gasteiger partial charge in [-0.25, -0.2) is 4.98 Å². The highest BCUT2D eigenvalue weighted by atomic mass is 28.4. The normalized spacial score (nSPS) is 12.5. The Labute approximate surface area is 221 Å². The quantitative estimate of drug-likeness (QED) is 0.185. The van der Waals surface area contributed by atoms with E-state index >= 15 is 0 Å². The van der Waals surface area contributed by atoms with Gasteiger partial charge in [0.1, 0.15) is 14.1 Å². The molecule has 0 aliphatic carbocycles. The molecule has 4 rings (SSSR count). The predicted octanol–water partition coefficient (Wildman–Crippen LogP) is 6.04. The SMILES string of the molecule is CC[Si](CC)(CC)N(c1cn([Si](C)(C)C)cn1)[Si](c1ccccc1)(c1ccccc1)c1ccccc1. The molecule has 0 aliphatic rings.